The molecule has 2 rings (SSSR count). The van der Waals surface area contributed by atoms with Crippen molar-refractivity contribution in [3.8, 4) is 0 Å². The molecule has 0 aliphatic carbocycles. The van der Waals surface area contributed by atoms with Gasteiger partial charge >= 0.3 is 0 Å². The first kappa shape index (κ1) is 11.6. The zero-order valence-electron chi connectivity index (χ0n) is 10.7. The van der Waals surface area contributed by atoms with Gasteiger partial charge in [-0.1, -0.05) is 34.6 Å². The van der Waals surface area contributed by atoms with Gasteiger partial charge in [0, 0.05) is 16.5 Å². The van der Waals surface area contributed by atoms with Crippen molar-refractivity contribution < 1.29 is 0 Å². The van der Waals surface area contributed by atoms with Crippen LogP contribution in [0.4, 0.5) is 0 Å². The van der Waals surface area contributed by atoms with Gasteiger partial charge in [-0.25, -0.2) is 4.98 Å². The predicted molar refractivity (Wildman–Crippen MR) is 72.4 cm³/mol. The fourth-order valence-electron chi connectivity index (χ4n) is 1.90. The monoisotopic (exact) mass is 233 g/mol. The largest absolute Gasteiger partial charge is 0.245 e. The molecule has 0 amide bonds. The Morgan fingerprint density at radius 3 is 2.50 bits per heavy atom. The van der Waals surface area contributed by atoms with E-state index in [9.17, 15) is 0 Å². The number of nitrogens with zero attached hydrogens (tertiary/aromatic N) is 1. The highest BCUT2D eigenvalue weighted by Gasteiger charge is 2.18. The fourth-order valence-corrected chi connectivity index (χ4v) is 2.92. The molecule has 0 aromatic carbocycles. The van der Waals surface area contributed by atoms with Crippen LogP contribution in [-0.4, -0.2) is 4.98 Å². The molecule has 2 heterocycles. The average molecular weight is 233 g/mol. The van der Waals surface area contributed by atoms with Crippen LogP contribution in [0, 0.1) is 0 Å². The minimum Gasteiger partial charge on any atom is -0.245 e. The summed E-state index contributed by atoms with van der Waals surface area (Å²) in [6.45, 7) is 11.3. The average Bonchev–Trinajstić information content (AvgIpc) is 2.58. The maximum Gasteiger partial charge on any atom is 0.123 e. The molecule has 0 unspecified atom stereocenters. The van der Waals surface area contributed by atoms with E-state index < -0.39 is 0 Å². The van der Waals surface area contributed by atoms with Crippen LogP contribution in [0.1, 0.15) is 51.0 Å². The zero-order chi connectivity index (χ0) is 11.9. The third-order valence-electron chi connectivity index (χ3n) is 2.83. The van der Waals surface area contributed by atoms with Gasteiger partial charge in [0.25, 0.3) is 0 Å². The van der Waals surface area contributed by atoms with Crippen molar-refractivity contribution >= 4 is 21.6 Å². The molecule has 16 heavy (non-hydrogen) atoms. The fraction of sp³-hybridized carbons (Fsp3) is 0.500. The van der Waals surface area contributed by atoms with E-state index in [4.69, 9.17) is 0 Å². The van der Waals surface area contributed by atoms with Crippen LogP contribution in [0.3, 0.4) is 0 Å². The molecule has 1 nitrogen and oxygen atoms in total. The Kier molecular flexibility index (Phi) is 2.79. The third kappa shape index (κ3) is 1.99. The highest BCUT2D eigenvalue weighted by atomic mass is 32.1. The summed E-state index contributed by atoms with van der Waals surface area (Å²) in [6, 6.07) is 4.47. The van der Waals surface area contributed by atoms with Gasteiger partial charge in [0.2, 0.25) is 0 Å². The molecule has 0 fully saturated rings. The number of hydrogen-bond acceptors (Lipinski definition) is 2. The van der Waals surface area contributed by atoms with Crippen molar-refractivity contribution in [3.63, 3.8) is 0 Å². The van der Waals surface area contributed by atoms with Gasteiger partial charge in [-0.3, -0.25) is 0 Å². The smallest absolute Gasteiger partial charge is 0.123 e. The minimum atomic E-state index is 0.191. The number of hydrogen-bond donors (Lipinski definition) is 0. The number of thiophene rings is 1. The molecular weight excluding hydrogens is 214 g/mol. The summed E-state index contributed by atoms with van der Waals surface area (Å²) in [5.41, 5.74) is 1.59. The molecule has 0 saturated carbocycles. The van der Waals surface area contributed by atoms with E-state index in [-0.39, 0.29) is 5.41 Å². The van der Waals surface area contributed by atoms with Crippen LogP contribution in [0.25, 0.3) is 10.2 Å². The van der Waals surface area contributed by atoms with E-state index in [0.29, 0.717) is 5.92 Å². The highest BCUT2D eigenvalue weighted by molar-refractivity contribution is 7.18. The van der Waals surface area contributed by atoms with Crippen LogP contribution in [0.5, 0.6) is 0 Å². The van der Waals surface area contributed by atoms with E-state index >= 15 is 0 Å². The van der Waals surface area contributed by atoms with Crippen molar-refractivity contribution in [2.75, 3.05) is 0 Å². The SMILES string of the molecule is CC(C)c1cc2c(C(C)(C)C)ccnc2s1. The standard InChI is InChI=1S/C14H19NS/c1-9(2)12-8-10-11(14(3,4)5)6-7-15-13(10)16-12/h6-9H,1-5H3. The first-order chi connectivity index (χ1) is 7.39. The summed E-state index contributed by atoms with van der Waals surface area (Å²) in [4.78, 5) is 7.08. The van der Waals surface area contributed by atoms with Crippen LogP contribution < -0.4 is 0 Å². The van der Waals surface area contributed by atoms with Crippen molar-refractivity contribution in [1.82, 2.24) is 4.98 Å². The Morgan fingerprint density at radius 1 is 1.25 bits per heavy atom. The molecular formula is C14H19NS. The van der Waals surface area contributed by atoms with E-state index in [1.807, 2.05) is 17.5 Å². The van der Waals surface area contributed by atoms with E-state index in [2.05, 4.69) is 51.7 Å². The molecule has 2 aromatic heterocycles. The van der Waals surface area contributed by atoms with E-state index in [1.165, 1.54) is 20.7 Å². The Bertz CT molecular complexity index is 503. The first-order valence-electron chi connectivity index (χ1n) is 5.78. The second kappa shape index (κ2) is 3.85. The lowest BCUT2D eigenvalue weighted by atomic mass is 9.86. The molecule has 0 aliphatic rings. The Morgan fingerprint density at radius 2 is 1.94 bits per heavy atom. The number of fused-ring (bicyclic) bond motifs is 1. The molecule has 0 spiro atoms. The van der Waals surface area contributed by atoms with Gasteiger partial charge < -0.3 is 0 Å². The second-order valence-electron chi connectivity index (χ2n) is 5.63. The summed E-state index contributed by atoms with van der Waals surface area (Å²) in [6.07, 6.45) is 1.93. The van der Waals surface area contributed by atoms with Gasteiger partial charge in [-0.05, 0) is 29.0 Å². The van der Waals surface area contributed by atoms with E-state index in [1.54, 1.807) is 0 Å². The molecule has 0 bridgehead atoms. The molecule has 0 radical (unpaired) electrons. The van der Waals surface area contributed by atoms with Gasteiger partial charge in [-0.2, -0.15) is 0 Å². The number of rotatable bonds is 1. The van der Waals surface area contributed by atoms with Crippen LogP contribution in [0.2, 0.25) is 0 Å². The number of pyridine rings is 1. The third-order valence-corrected chi connectivity index (χ3v) is 4.18. The van der Waals surface area contributed by atoms with Gasteiger partial charge in [0.15, 0.2) is 0 Å². The van der Waals surface area contributed by atoms with Gasteiger partial charge in [0.1, 0.15) is 4.83 Å². The summed E-state index contributed by atoms with van der Waals surface area (Å²) in [7, 11) is 0. The maximum absolute atomic E-state index is 4.48. The molecule has 2 aromatic rings. The quantitative estimate of drug-likeness (QED) is 0.694. The van der Waals surface area contributed by atoms with Crippen molar-refractivity contribution in [2.24, 2.45) is 0 Å². The van der Waals surface area contributed by atoms with E-state index in [0.717, 1.165) is 0 Å². The van der Waals surface area contributed by atoms with Gasteiger partial charge in [-0.15, -0.1) is 11.3 Å². The summed E-state index contributed by atoms with van der Waals surface area (Å²) in [5.74, 6) is 0.590. The minimum absolute atomic E-state index is 0.191. The summed E-state index contributed by atoms with van der Waals surface area (Å²) >= 11 is 1.82. The lowest BCUT2D eigenvalue weighted by Gasteiger charge is -2.19. The summed E-state index contributed by atoms with van der Waals surface area (Å²) < 4.78 is 0. The second-order valence-corrected chi connectivity index (χ2v) is 6.69. The van der Waals surface area contributed by atoms with Crippen LogP contribution in [0.15, 0.2) is 18.3 Å². The molecule has 0 saturated heterocycles. The molecule has 0 N–H and O–H groups in total. The molecule has 0 atom stereocenters. The predicted octanol–water partition coefficient (Wildman–Crippen LogP) is 4.72. The Labute approximate surface area is 102 Å². The topological polar surface area (TPSA) is 12.9 Å². The number of aromatic nitrogens is 1. The van der Waals surface area contributed by atoms with Crippen molar-refractivity contribution in [1.29, 1.82) is 0 Å². The van der Waals surface area contributed by atoms with Crippen LogP contribution >= 0.6 is 11.3 Å². The normalized spacial score (nSPS) is 12.6. The zero-order valence-corrected chi connectivity index (χ0v) is 11.5. The first-order valence-corrected chi connectivity index (χ1v) is 6.60. The van der Waals surface area contributed by atoms with Crippen molar-refractivity contribution in [2.45, 2.75) is 46.0 Å². The van der Waals surface area contributed by atoms with Gasteiger partial charge in [0.05, 0.1) is 0 Å². The van der Waals surface area contributed by atoms with Crippen molar-refractivity contribution in [3.05, 3.63) is 28.8 Å². The maximum atomic E-state index is 4.48. The molecule has 2 heteroatoms. The molecule has 0 aliphatic heterocycles. The molecule has 86 valence electrons. The lowest BCUT2D eigenvalue weighted by molar-refractivity contribution is 0.595. The highest BCUT2D eigenvalue weighted by Crippen LogP contribution is 2.35. The Hall–Kier alpha value is -0.890. The Balaban J connectivity index is 2.68. The lowest BCUT2D eigenvalue weighted by Crippen LogP contribution is -2.11. The summed E-state index contributed by atoms with van der Waals surface area (Å²) in [5, 5.41) is 1.34. The van der Waals surface area contributed by atoms with Crippen LogP contribution in [-0.2, 0) is 5.41 Å².